The molecule has 1 aromatic rings. The summed E-state index contributed by atoms with van der Waals surface area (Å²) in [5.74, 6) is 1.52. The van der Waals surface area contributed by atoms with Gasteiger partial charge in [-0.25, -0.2) is 9.97 Å². The van der Waals surface area contributed by atoms with Gasteiger partial charge in [0.2, 0.25) is 0 Å². The van der Waals surface area contributed by atoms with E-state index in [-0.39, 0.29) is 0 Å². The summed E-state index contributed by atoms with van der Waals surface area (Å²) < 4.78 is 0. The fourth-order valence-corrected chi connectivity index (χ4v) is 3.38. The zero-order valence-corrected chi connectivity index (χ0v) is 11.3. The lowest BCUT2D eigenvalue weighted by molar-refractivity contribution is 0.759. The Balaban J connectivity index is 2.15. The Morgan fingerprint density at radius 2 is 2.29 bits per heavy atom. The molecule has 0 saturated heterocycles. The van der Waals surface area contributed by atoms with Gasteiger partial charge >= 0.3 is 0 Å². The summed E-state index contributed by atoms with van der Waals surface area (Å²) in [6.45, 7) is 2.08. The lowest BCUT2D eigenvalue weighted by atomic mass is 10.2. The Hall–Kier alpha value is -0.970. The number of aromatic nitrogens is 2. The maximum Gasteiger partial charge on any atom is 0.134 e. The maximum absolute atomic E-state index is 5.88. The predicted molar refractivity (Wildman–Crippen MR) is 74.4 cm³/mol. The van der Waals surface area contributed by atoms with E-state index in [1.165, 1.54) is 19.3 Å². The Labute approximate surface area is 107 Å². The van der Waals surface area contributed by atoms with E-state index in [9.17, 15) is 0 Å². The molecule has 0 amide bonds. The van der Waals surface area contributed by atoms with Crippen molar-refractivity contribution in [3.05, 3.63) is 11.9 Å². The van der Waals surface area contributed by atoms with Gasteiger partial charge in [0.1, 0.15) is 18.0 Å². The number of nitrogens with one attached hydrogen (secondary N) is 1. The summed E-state index contributed by atoms with van der Waals surface area (Å²) in [5, 5.41) is 4.24. The molecular formula is C12H20N4S. The van der Waals surface area contributed by atoms with Crippen LogP contribution in [-0.2, 0) is 6.42 Å². The average Bonchev–Trinajstić information content (AvgIpc) is 2.77. The van der Waals surface area contributed by atoms with Crippen molar-refractivity contribution in [1.29, 1.82) is 0 Å². The molecule has 1 aliphatic rings. The third kappa shape index (κ3) is 2.65. The van der Waals surface area contributed by atoms with E-state index in [4.69, 9.17) is 5.73 Å². The SMILES string of the molecule is CCc1c(N)ncnc1NC1CCCC1SC. The average molecular weight is 252 g/mol. The van der Waals surface area contributed by atoms with E-state index in [1.54, 1.807) is 6.33 Å². The van der Waals surface area contributed by atoms with Crippen molar-refractivity contribution in [3.8, 4) is 0 Å². The van der Waals surface area contributed by atoms with Gasteiger partial charge in [-0.15, -0.1) is 0 Å². The third-order valence-corrected chi connectivity index (χ3v) is 4.58. The second-order valence-electron chi connectivity index (χ2n) is 4.40. The van der Waals surface area contributed by atoms with Gasteiger partial charge in [-0.05, 0) is 25.5 Å². The maximum atomic E-state index is 5.88. The summed E-state index contributed by atoms with van der Waals surface area (Å²) in [4.78, 5) is 8.38. The first kappa shape index (κ1) is 12.5. The number of rotatable bonds is 4. The number of nitrogens with two attached hydrogens (primary N) is 1. The van der Waals surface area contributed by atoms with Crippen molar-refractivity contribution < 1.29 is 0 Å². The highest BCUT2D eigenvalue weighted by Gasteiger charge is 2.27. The monoisotopic (exact) mass is 252 g/mol. The summed E-state index contributed by atoms with van der Waals surface area (Å²) in [6.07, 6.45) is 8.40. The molecule has 1 aliphatic carbocycles. The minimum absolute atomic E-state index is 0.518. The van der Waals surface area contributed by atoms with Crippen LogP contribution in [0.4, 0.5) is 11.6 Å². The number of hydrogen-bond acceptors (Lipinski definition) is 5. The predicted octanol–water partition coefficient (Wildman–Crippen LogP) is 2.32. The molecule has 2 unspecified atom stereocenters. The second-order valence-corrected chi connectivity index (χ2v) is 5.47. The van der Waals surface area contributed by atoms with E-state index in [1.807, 2.05) is 11.8 Å². The number of thioether (sulfide) groups is 1. The summed E-state index contributed by atoms with van der Waals surface area (Å²) in [6, 6.07) is 0.518. The normalized spacial score (nSPS) is 23.9. The van der Waals surface area contributed by atoms with Crippen LogP contribution in [0.5, 0.6) is 0 Å². The molecule has 2 atom stereocenters. The van der Waals surface area contributed by atoms with Gasteiger partial charge < -0.3 is 11.1 Å². The Bertz CT molecular complexity index is 383. The van der Waals surface area contributed by atoms with Crippen LogP contribution in [0, 0.1) is 0 Å². The number of hydrogen-bond donors (Lipinski definition) is 2. The summed E-state index contributed by atoms with van der Waals surface area (Å²) in [5.41, 5.74) is 6.92. The van der Waals surface area contributed by atoms with Crippen LogP contribution < -0.4 is 11.1 Å². The van der Waals surface area contributed by atoms with E-state index < -0.39 is 0 Å². The minimum atomic E-state index is 0.518. The zero-order valence-electron chi connectivity index (χ0n) is 10.4. The largest absolute Gasteiger partial charge is 0.383 e. The van der Waals surface area contributed by atoms with Crippen LogP contribution in [0.1, 0.15) is 31.7 Å². The van der Waals surface area contributed by atoms with Crippen molar-refractivity contribution in [3.63, 3.8) is 0 Å². The van der Waals surface area contributed by atoms with Crippen molar-refractivity contribution in [2.75, 3.05) is 17.3 Å². The Kier molecular flexibility index (Phi) is 4.10. The van der Waals surface area contributed by atoms with Gasteiger partial charge in [-0.2, -0.15) is 11.8 Å². The van der Waals surface area contributed by atoms with Crippen LogP contribution >= 0.6 is 11.8 Å². The second kappa shape index (κ2) is 5.58. The van der Waals surface area contributed by atoms with Gasteiger partial charge in [-0.3, -0.25) is 0 Å². The van der Waals surface area contributed by atoms with Crippen LogP contribution in [0.15, 0.2) is 6.33 Å². The quantitative estimate of drug-likeness (QED) is 0.861. The smallest absolute Gasteiger partial charge is 0.134 e. The third-order valence-electron chi connectivity index (χ3n) is 3.41. The van der Waals surface area contributed by atoms with Crippen molar-refractivity contribution in [2.45, 2.75) is 43.9 Å². The van der Waals surface area contributed by atoms with Crippen LogP contribution in [0.25, 0.3) is 0 Å². The van der Waals surface area contributed by atoms with E-state index in [0.717, 1.165) is 17.8 Å². The molecule has 0 spiro atoms. The fourth-order valence-electron chi connectivity index (χ4n) is 2.45. The first-order chi connectivity index (χ1) is 8.26. The number of anilines is 2. The molecule has 0 bridgehead atoms. The molecule has 3 N–H and O–H groups in total. The summed E-state index contributed by atoms with van der Waals surface area (Å²) in [7, 11) is 0. The lowest BCUT2D eigenvalue weighted by Gasteiger charge is -2.21. The highest BCUT2D eigenvalue weighted by molar-refractivity contribution is 7.99. The topological polar surface area (TPSA) is 63.8 Å². The van der Waals surface area contributed by atoms with Gasteiger partial charge in [0, 0.05) is 16.9 Å². The van der Waals surface area contributed by atoms with E-state index in [0.29, 0.717) is 17.1 Å². The molecular weight excluding hydrogens is 232 g/mol. The molecule has 94 valence electrons. The summed E-state index contributed by atoms with van der Waals surface area (Å²) >= 11 is 1.94. The van der Waals surface area contributed by atoms with Crippen molar-refractivity contribution in [2.24, 2.45) is 0 Å². The lowest BCUT2D eigenvalue weighted by Crippen LogP contribution is -2.27. The molecule has 0 aromatic carbocycles. The van der Waals surface area contributed by atoms with Gasteiger partial charge in [0.15, 0.2) is 0 Å². The Morgan fingerprint density at radius 3 is 3.00 bits per heavy atom. The molecule has 5 heteroatoms. The highest BCUT2D eigenvalue weighted by atomic mass is 32.2. The van der Waals surface area contributed by atoms with E-state index in [2.05, 4.69) is 28.5 Å². The standard InChI is InChI=1S/C12H20N4S/c1-3-8-11(13)14-7-15-12(8)16-9-5-4-6-10(9)17-2/h7,9-10H,3-6H2,1-2H3,(H3,13,14,15,16). The van der Waals surface area contributed by atoms with Crippen molar-refractivity contribution >= 4 is 23.4 Å². The molecule has 0 radical (unpaired) electrons. The molecule has 0 aliphatic heterocycles. The first-order valence-corrected chi connectivity index (χ1v) is 7.43. The fraction of sp³-hybridized carbons (Fsp3) is 0.667. The molecule has 4 nitrogen and oxygen atoms in total. The van der Waals surface area contributed by atoms with Gasteiger partial charge in [0.25, 0.3) is 0 Å². The zero-order chi connectivity index (χ0) is 12.3. The molecule has 1 heterocycles. The van der Waals surface area contributed by atoms with Crippen molar-refractivity contribution in [1.82, 2.24) is 9.97 Å². The first-order valence-electron chi connectivity index (χ1n) is 6.15. The van der Waals surface area contributed by atoms with Gasteiger partial charge in [0.05, 0.1) is 0 Å². The number of nitrogen functional groups attached to an aromatic ring is 1. The minimum Gasteiger partial charge on any atom is -0.383 e. The van der Waals surface area contributed by atoms with Crippen LogP contribution in [0.3, 0.4) is 0 Å². The molecule has 1 aromatic heterocycles. The molecule has 1 saturated carbocycles. The highest BCUT2D eigenvalue weighted by Crippen LogP contribution is 2.31. The van der Waals surface area contributed by atoms with Gasteiger partial charge in [-0.1, -0.05) is 13.3 Å². The van der Waals surface area contributed by atoms with Crippen LogP contribution in [-0.4, -0.2) is 27.5 Å². The number of nitrogens with zero attached hydrogens (tertiary/aromatic N) is 2. The Morgan fingerprint density at radius 1 is 1.47 bits per heavy atom. The van der Waals surface area contributed by atoms with E-state index >= 15 is 0 Å². The van der Waals surface area contributed by atoms with Crippen LogP contribution in [0.2, 0.25) is 0 Å². The molecule has 17 heavy (non-hydrogen) atoms. The molecule has 2 rings (SSSR count). The molecule has 1 fully saturated rings.